The molecular weight excluding hydrogens is 442 g/mol. The molecule has 5 heteroatoms. The zero-order chi connectivity index (χ0) is 22.8. The number of Topliss-reactive ketones (excluding diaryl/α,β-unsaturated/α-hetero) is 1. The molecule has 0 saturated carbocycles. The zero-order valence-corrected chi connectivity index (χ0v) is 19.6. The molecule has 2 aliphatic carbocycles. The van der Waals surface area contributed by atoms with Gasteiger partial charge in [-0.05, 0) is 37.5 Å². The Morgan fingerprint density at radius 2 is 1.16 bits per heavy atom. The van der Waals surface area contributed by atoms with Crippen LogP contribution in [-0.2, 0) is 14.3 Å². The third kappa shape index (κ3) is 4.04. The molecule has 0 fully saturated rings. The molecule has 2 atom stereocenters. The Kier molecular flexibility index (Phi) is 6.59. The fourth-order valence-electron chi connectivity index (χ4n) is 4.28. The molecule has 2 unspecified atom stereocenters. The molecule has 0 bridgehead atoms. The van der Waals surface area contributed by atoms with Crippen LogP contribution in [0.5, 0.6) is 0 Å². The van der Waals surface area contributed by atoms with Crippen molar-refractivity contribution >= 4 is 29.3 Å². The molecule has 0 aliphatic heterocycles. The minimum Gasteiger partial charge on any atom is -0.289 e. The van der Waals surface area contributed by atoms with Gasteiger partial charge in [0.25, 0.3) is 0 Å². The minimum absolute atomic E-state index is 0.0658. The molecule has 0 aromatic heterocycles. The van der Waals surface area contributed by atoms with Crippen LogP contribution in [0.15, 0.2) is 96.1 Å². The number of rotatable bonds is 6. The van der Waals surface area contributed by atoms with Gasteiger partial charge in [0.2, 0.25) is 0 Å². The number of hydrogen-bond donors (Lipinski definition) is 0. The lowest BCUT2D eigenvalue weighted by Gasteiger charge is -2.32. The Balaban J connectivity index is 1.54. The molecule has 0 spiro atoms. The number of ketones is 1. The standard InChI is InChI=1S/C27H24F2OS2/c1-31-26(21-7-3-5-9-23(21)28)15-11-19(12-16-26)25(30)20-13-17-27(32-2,18-14-20)22-8-4-6-10-24(22)29/h3-15,17H,16,18H2,1-2H3. The molecule has 2 aromatic rings. The number of hydrogen-bond acceptors (Lipinski definition) is 3. The number of halogens is 2. The number of thioether (sulfide) groups is 2. The normalized spacial score (nSPS) is 24.8. The second-order valence-electron chi connectivity index (χ2n) is 7.87. The molecule has 1 nitrogen and oxygen atoms in total. The van der Waals surface area contributed by atoms with E-state index in [0.717, 1.165) is 0 Å². The average molecular weight is 467 g/mol. The maximum Gasteiger partial charge on any atom is 0.192 e. The maximum absolute atomic E-state index is 14.4. The molecule has 2 aliphatic rings. The lowest BCUT2D eigenvalue weighted by molar-refractivity contribution is -0.111. The lowest BCUT2D eigenvalue weighted by Crippen LogP contribution is -2.24. The molecule has 0 amide bonds. The predicted molar refractivity (Wildman–Crippen MR) is 132 cm³/mol. The zero-order valence-electron chi connectivity index (χ0n) is 18.0. The smallest absolute Gasteiger partial charge is 0.192 e. The Morgan fingerprint density at radius 1 is 0.750 bits per heavy atom. The van der Waals surface area contributed by atoms with Crippen molar-refractivity contribution in [3.63, 3.8) is 0 Å². The second-order valence-corrected chi connectivity index (χ2v) is 10.1. The Hall–Kier alpha value is -2.37. The summed E-state index contributed by atoms with van der Waals surface area (Å²) in [4.78, 5) is 13.2. The van der Waals surface area contributed by atoms with E-state index >= 15 is 0 Å². The summed E-state index contributed by atoms with van der Waals surface area (Å²) in [6.07, 6.45) is 16.2. The molecule has 0 radical (unpaired) electrons. The van der Waals surface area contributed by atoms with Crippen LogP contribution < -0.4 is 0 Å². The van der Waals surface area contributed by atoms with Gasteiger partial charge in [-0.2, -0.15) is 0 Å². The van der Waals surface area contributed by atoms with E-state index in [9.17, 15) is 13.6 Å². The summed E-state index contributed by atoms with van der Waals surface area (Å²) in [5, 5.41) is 0. The number of benzene rings is 2. The van der Waals surface area contributed by atoms with E-state index in [0.29, 0.717) is 35.1 Å². The summed E-state index contributed by atoms with van der Waals surface area (Å²) in [7, 11) is 0. The van der Waals surface area contributed by atoms with Crippen LogP contribution >= 0.6 is 23.5 Å². The average Bonchev–Trinajstić information content (AvgIpc) is 2.84. The van der Waals surface area contributed by atoms with Crippen LogP contribution in [0.1, 0.15) is 24.0 Å². The van der Waals surface area contributed by atoms with Crippen molar-refractivity contribution in [1.29, 1.82) is 0 Å². The van der Waals surface area contributed by atoms with Gasteiger partial charge < -0.3 is 0 Å². The quantitative estimate of drug-likeness (QED) is 0.451. The summed E-state index contributed by atoms with van der Waals surface area (Å²) in [5.74, 6) is -0.549. The van der Waals surface area contributed by atoms with Crippen molar-refractivity contribution in [1.82, 2.24) is 0 Å². The molecule has 0 heterocycles. The summed E-state index contributed by atoms with van der Waals surface area (Å²) < 4.78 is 27.8. The second kappa shape index (κ2) is 9.24. The van der Waals surface area contributed by atoms with Gasteiger partial charge in [0, 0.05) is 22.3 Å². The van der Waals surface area contributed by atoms with Gasteiger partial charge in [-0.15, -0.1) is 23.5 Å². The van der Waals surface area contributed by atoms with Crippen molar-refractivity contribution < 1.29 is 13.6 Å². The fraction of sp³-hybridized carbons (Fsp3) is 0.222. The molecule has 0 saturated heterocycles. The van der Waals surface area contributed by atoms with Gasteiger partial charge in [0.05, 0.1) is 9.49 Å². The lowest BCUT2D eigenvalue weighted by atomic mass is 9.84. The van der Waals surface area contributed by atoms with E-state index in [1.54, 1.807) is 59.9 Å². The van der Waals surface area contributed by atoms with Crippen molar-refractivity contribution in [2.24, 2.45) is 0 Å². The first-order valence-electron chi connectivity index (χ1n) is 10.4. The number of carbonyl (C=O) groups excluding carboxylic acids is 1. The first-order chi connectivity index (χ1) is 15.4. The molecule has 164 valence electrons. The fourth-order valence-corrected chi connectivity index (χ4v) is 5.96. The Labute approximate surface area is 196 Å². The summed E-state index contributed by atoms with van der Waals surface area (Å²) in [6, 6.07) is 13.6. The summed E-state index contributed by atoms with van der Waals surface area (Å²) in [5.41, 5.74) is 2.45. The van der Waals surface area contributed by atoms with E-state index in [1.165, 1.54) is 12.1 Å². The molecule has 32 heavy (non-hydrogen) atoms. The molecule has 2 aromatic carbocycles. The Morgan fingerprint density at radius 3 is 1.47 bits per heavy atom. The third-order valence-corrected chi connectivity index (χ3v) is 8.73. The summed E-state index contributed by atoms with van der Waals surface area (Å²) in [6.45, 7) is 0. The molecule has 4 rings (SSSR count). The number of allylic oxidation sites excluding steroid dienone is 6. The van der Waals surface area contributed by atoms with Crippen LogP contribution in [-0.4, -0.2) is 18.3 Å². The predicted octanol–water partition coefficient (Wildman–Crippen LogP) is 7.12. The minimum atomic E-state index is -0.523. The number of carbonyl (C=O) groups is 1. The first-order valence-corrected chi connectivity index (χ1v) is 12.8. The molecule has 0 N–H and O–H groups in total. The summed E-state index contributed by atoms with van der Waals surface area (Å²) >= 11 is 3.12. The van der Waals surface area contributed by atoms with Gasteiger partial charge in [0.15, 0.2) is 5.78 Å². The van der Waals surface area contributed by atoms with Crippen molar-refractivity contribution in [3.8, 4) is 0 Å². The van der Waals surface area contributed by atoms with E-state index in [2.05, 4.69) is 0 Å². The monoisotopic (exact) mass is 466 g/mol. The van der Waals surface area contributed by atoms with Crippen LogP contribution in [0, 0.1) is 11.6 Å². The highest BCUT2D eigenvalue weighted by atomic mass is 32.2. The third-order valence-electron chi connectivity index (χ3n) is 6.23. The molecular formula is C27H24F2OS2. The van der Waals surface area contributed by atoms with E-state index in [-0.39, 0.29) is 17.4 Å². The van der Waals surface area contributed by atoms with Crippen molar-refractivity contribution in [3.05, 3.63) is 119 Å². The van der Waals surface area contributed by atoms with Gasteiger partial charge in [-0.25, -0.2) is 8.78 Å². The highest BCUT2D eigenvalue weighted by molar-refractivity contribution is 7.99. The van der Waals surface area contributed by atoms with Crippen LogP contribution in [0.3, 0.4) is 0 Å². The maximum atomic E-state index is 14.4. The van der Waals surface area contributed by atoms with Crippen LogP contribution in [0.2, 0.25) is 0 Å². The topological polar surface area (TPSA) is 17.1 Å². The van der Waals surface area contributed by atoms with Gasteiger partial charge in [0.1, 0.15) is 11.6 Å². The van der Waals surface area contributed by atoms with Crippen molar-refractivity contribution in [2.75, 3.05) is 12.5 Å². The van der Waals surface area contributed by atoms with Crippen LogP contribution in [0.4, 0.5) is 8.78 Å². The van der Waals surface area contributed by atoms with Gasteiger partial charge >= 0.3 is 0 Å². The van der Waals surface area contributed by atoms with E-state index in [1.807, 2.05) is 48.9 Å². The SMILES string of the molecule is CSC1(c2ccccc2F)C=CC(C(=O)C2=CCC(SC)(c3ccccc3F)C=C2)=CC1. The van der Waals surface area contributed by atoms with Crippen molar-refractivity contribution in [2.45, 2.75) is 22.3 Å². The largest absolute Gasteiger partial charge is 0.289 e. The Bertz CT molecular complexity index is 1070. The highest BCUT2D eigenvalue weighted by Crippen LogP contribution is 2.46. The van der Waals surface area contributed by atoms with Crippen LogP contribution in [0.25, 0.3) is 0 Å². The highest BCUT2D eigenvalue weighted by Gasteiger charge is 2.35. The van der Waals surface area contributed by atoms with E-state index < -0.39 is 9.49 Å². The van der Waals surface area contributed by atoms with Gasteiger partial charge in [-0.3, -0.25) is 4.79 Å². The first kappa shape index (κ1) is 22.8. The van der Waals surface area contributed by atoms with Gasteiger partial charge in [-0.1, -0.05) is 72.9 Å². The van der Waals surface area contributed by atoms with E-state index in [4.69, 9.17) is 0 Å².